The maximum absolute atomic E-state index is 12.6. The number of aryl methyl sites for hydroxylation is 1. The number of amides is 1. The Morgan fingerprint density at radius 3 is 2.46 bits per heavy atom. The molecule has 2 aromatic rings. The molecule has 26 heavy (non-hydrogen) atoms. The Morgan fingerprint density at radius 1 is 1.12 bits per heavy atom. The van der Waals surface area contributed by atoms with Gasteiger partial charge in [0.05, 0.1) is 11.1 Å². The molecule has 0 aliphatic carbocycles. The molecule has 2 heterocycles. The van der Waals surface area contributed by atoms with Crippen LogP contribution in [0.3, 0.4) is 0 Å². The highest BCUT2D eigenvalue weighted by atomic mass is 16.4. The van der Waals surface area contributed by atoms with E-state index in [4.69, 9.17) is 0 Å². The molecule has 0 bridgehead atoms. The molecule has 1 aliphatic heterocycles. The first-order chi connectivity index (χ1) is 12.5. The predicted molar refractivity (Wildman–Crippen MR) is 97.4 cm³/mol. The quantitative estimate of drug-likeness (QED) is 0.913. The number of carboxylic acids is 1. The molecule has 0 unspecified atom stereocenters. The Hall–Kier alpha value is -2.89. The van der Waals surface area contributed by atoms with Gasteiger partial charge in [-0.3, -0.25) is 9.59 Å². The summed E-state index contributed by atoms with van der Waals surface area (Å²) < 4.78 is 1.41. The third-order valence-electron chi connectivity index (χ3n) is 4.99. The molecule has 1 amide bonds. The van der Waals surface area contributed by atoms with Gasteiger partial charge in [-0.25, -0.2) is 4.79 Å². The minimum atomic E-state index is -0.900. The molecule has 136 valence electrons. The number of hydrogen-bond donors (Lipinski definition) is 1. The second kappa shape index (κ2) is 7.56. The van der Waals surface area contributed by atoms with Gasteiger partial charge in [0.2, 0.25) is 5.56 Å². The Morgan fingerprint density at radius 2 is 1.81 bits per heavy atom. The van der Waals surface area contributed by atoms with Crippen LogP contribution in [0.4, 0.5) is 0 Å². The summed E-state index contributed by atoms with van der Waals surface area (Å²) in [5.74, 6) is -0.604. The average molecular weight is 354 g/mol. The zero-order chi connectivity index (χ0) is 18.7. The lowest BCUT2D eigenvalue weighted by Crippen LogP contribution is -2.39. The van der Waals surface area contributed by atoms with Crippen LogP contribution in [0.1, 0.15) is 39.1 Å². The van der Waals surface area contributed by atoms with E-state index in [-0.39, 0.29) is 11.5 Å². The highest BCUT2D eigenvalue weighted by molar-refractivity contribution is 5.94. The standard InChI is InChI=1S/C20H22N2O4/c1-21-13-16(6-7-18(21)23)19(24)22-10-8-14(9-11-22)12-15-4-2-3-5-17(15)20(25)26/h2-7,13-14H,8-12H2,1H3,(H,25,26). The molecule has 1 saturated heterocycles. The van der Waals surface area contributed by atoms with Crippen molar-refractivity contribution in [2.24, 2.45) is 13.0 Å². The van der Waals surface area contributed by atoms with E-state index < -0.39 is 5.97 Å². The number of aromatic nitrogens is 1. The number of carbonyl (C=O) groups is 2. The van der Waals surface area contributed by atoms with E-state index in [1.165, 1.54) is 10.6 Å². The van der Waals surface area contributed by atoms with Gasteiger partial charge < -0.3 is 14.6 Å². The van der Waals surface area contributed by atoms with Crippen molar-refractivity contribution in [2.75, 3.05) is 13.1 Å². The first-order valence-electron chi connectivity index (χ1n) is 8.73. The molecule has 1 N–H and O–H groups in total. The summed E-state index contributed by atoms with van der Waals surface area (Å²) in [6.45, 7) is 1.28. The third kappa shape index (κ3) is 3.85. The van der Waals surface area contributed by atoms with Gasteiger partial charge in [0, 0.05) is 32.4 Å². The summed E-state index contributed by atoms with van der Waals surface area (Å²) >= 11 is 0. The monoisotopic (exact) mass is 354 g/mol. The van der Waals surface area contributed by atoms with Gasteiger partial charge in [-0.1, -0.05) is 18.2 Å². The number of carbonyl (C=O) groups excluding carboxylic acids is 1. The van der Waals surface area contributed by atoms with Crippen LogP contribution in [-0.2, 0) is 13.5 Å². The van der Waals surface area contributed by atoms with E-state index in [1.54, 1.807) is 36.3 Å². The minimum Gasteiger partial charge on any atom is -0.478 e. The summed E-state index contributed by atoms with van der Waals surface area (Å²) in [7, 11) is 1.63. The molecule has 1 aromatic heterocycles. The molecular weight excluding hydrogens is 332 g/mol. The lowest BCUT2D eigenvalue weighted by Gasteiger charge is -2.32. The van der Waals surface area contributed by atoms with Crippen molar-refractivity contribution in [3.8, 4) is 0 Å². The smallest absolute Gasteiger partial charge is 0.335 e. The van der Waals surface area contributed by atoms with Gasteiger partial charge in [0.15, 0.2) is 0 Å². The van der Waals surface area contributed by atoms with Crippen LogP contribution in [0.5, 0.6) is 0 Å². The summed E-state index contributed by atoms with van der Waals surface area (Å²) in [6, 6.07) is 10.1. The number of likely N-dealkylation sites (tertiary alicyclic amines) is 1. The average Bonchev–Trinajstić information content (AvgIpc) is 2.64. The van der Waals surface area contributed by atoms with Crippen molar-refractivity contribution < 1.29 is 14.7 Å². The zero-order valence-electron chi connectivity index (χ0n) is 14.7. The van der Waals surface area contributed by atoms with Crippen molar-refractivity contribution in [1.29, 1.82) is 0 Å². The summed E-state index contributed by atoms with van der Waals surface area (Å²) in [6.07, 6.45) is 3.96. The van der Waals surface area contributed by atoms with E-state index in [0.717, 1.165) is 18.4 Å². The number of benzene rings is 1. The highest BCUT2D eigenvalue weighted by Crippen LogP contribution is 2.24. The van der Waals surface area contributed by atoms with Crippen LogP contribution in [0.15, 0.2) is 47.4 Å². The van der Waals surface area contributed by atoms with Crippen LogP contribution < -0.4 is 5.56 Å². The largest absolute Gasteiger partial charge is 0.478 e. The lowest BCUT2D eigenvalue weighted by atomic mass is 9.88. The van der Waals surface area contributed by atoms with Crippen molar-refractivity contribution in [3.63, 3.8) is 0 Å². The first-order valence-corrected chi connectivity index (χ1v) is 8.73. The molecule has 0 spiro atoms. The maximum atomic E-state index is 12.6. The van der Waals surface area contributed by atoms with Crippen molar-refractivity contribution >= 4 is 11.9 Å². The SMILES string of the molecule is Cn1cc(C(=O)N2CCC(Cc3ccccc3C(=O)O)CC2)ccc1=O. The van der Waals surface area contributed by atoms with Gasteiger partial charge in [0.1, 0.15) is 0 Å². The second-order valence-corrected chi connectivity index (χ2v) is 6.77. The van der Waals surface area contributed by atoms with E-state index in [1.807, 2.05) is 12.1 Å². The Bertz CT molecular complexity index is 879. The molecular formula is C20H22N2O4. The van der Waals surface area contributed by atoms with E-state index >= 15 is 0 Å². The molecule has 1 fully saturated rings. The van der Waals surface area contributed by atoms with Crippen LogP contribution >= 0.6 is 0 Å². The number of piperidine rings is 1. The van der Waals surface area contributed by atoms with E-state index in [9.17, 15) is 19.5 Å². The summed E-state index contributed by atoms with van der Waals surface area (Å²) in [5, 5.41) is 9.30. The molecule has 0 radical (unpaired) electrons. The number of rotatable bonds is 4. The van der Waals surface area contributed by atoms with Gasteiger partial charge in [-0.2, -0.15) is 0 Å². The fourth-order valence-electron chi connectivity index (χ4n) is 3.46. The fourth-order valence-corrected chi connectivity index (χ4v) is 3.46. The maximum Gasteiger partial charge on any atom is 0.335 e. The predicted octanol–water partition coefficient (Wildman–Crippen LogP) is 2.18. The topological polar surface area (TPSA) is 79.6 Å². The molecule has 0 saturated carbocycles. The van der Waals surface area contributed by atoms with Gasteiger partial charge in [-0.05, 0) is 42.9 Å². The highest BCUT2D eigenvalue weighted by Gasteiger charge is 2.25. The van der Waals surface area contributed by atoms with Gasteiger partial charge in [0.25, 0.3) is 5.91 Å². The molecule has 6 nitrogen and oxygen atoms in total. The van der Waals surface area contributed by atoms with Gasteiger partial charge >= 0.3 is 5.97 Å². The number of nitrogens with zero attached hydrogens (tertiary/aromatic N) is 2. The van der Waals surface area contributed by atoms with E-state index in [0.29, 0.717) is 36.6 Å². The van der Waals surface area contributed by atoms with Crippen LogP contribution in [0.2, 0.25) is 0 Å². The van der Waals surface area contributed by atoms with Crippen LogP contribution in [-0.4, -0.2) is 39.5 Å². The lowest BCUT2D eigenvalue weighted by molar-refractivity contribution is 0.0689. The second-order valence-electron chi connectivity index (χ2n) is 6.77. The van der Waals surface area contributed by atoms with Crippen molar-refractivity contribution in [1.82, 2.24) is 9.47 Å². The first kappa shape index (κ1) is 17.9. The van der Waals surface area contributed by atoms with Gasteiger partial charge in [-0.15, -0.1) is 0 Å². The molecule has 1 aromatic carbocycles. The van der Waals surface area contributed by atoms with E-state index in [2.05, 4.69) is 0 Å². The molecule has 3 rings (SSSR count). The Labute approximate surface area is 151 Å². The number of carboxylic acid groups (broad SMARTS) is 1. The normalized spacial score (nSPS) is 15.0. The summed E-state index contributed by atoms with van der Waals surface area (Å²) in [5.41, 5.74) is 1.58. The van der Waals surface area contributed by atoms with Crippen molar-refractivity contribution in [3.05, 3.63) is 69.6 Å². The number of pyridine rings is 1. The fraction of sp³-hybridized carbons (Fsp3) is 0.350. The third-order valence-corrected chi connectivity index (χ3v) is 4.99. The van der Waals surface area contributed by atoms with Crippen LogP contribution in [0, 0.1) is 5.92 Å². The van der Waals surface area contributed by atoms with Crippen molar-refractivity contribution in [2.45, 2.75) is 19.3 Å². The Kier molecular flexibility index (Phi) is 5.21. The zero-order valence-corrected chi connectivity index (χ0v) is 14.7. The summed E-state index contributed by atoms with van der Waals surface area (Å²) in [4.78, 5) is 37.2. The molecule has 6 heteroatoms. The molecule has 1 aliphatic rings. The number of hydrogen-bond acceptors (Lipinski definition) is 3. The molecule has 0 atom stereocenters. The minimum absolute atomic E-state index is 0.0648. The number of aromatic carboxylic acids is 1. The van der Waals surface area contributed by atoms with Crippen LogP contribution in [0.25, 0.3) is 0 Å². The Balaban J connectivity index is 1.62.